The van der Waals surface area contributed by atoms with Gasteiger partial charge in [0, 0.05) is 6.54 Å². The SMILES string of the molecule is CN(C)C1(CO)CCCNC1. The van der Waals surface area contributed by atoms with Crippen molar-refractivity contribution in [2.45, 2.75) is 18.4 Å². The van der Waals surface area contributed by atoms with E-state index in [1.807, 2.05) is 14.1 Å². The van der Waals surface area contributed by atoms with Crippen LogP contribution in [0.3, 0.4) is 0 Å². The van der Waals surface area contributed by atoms with Crippen LogP contribution in [0.25, 0.3) is 0 Å². The second kappa shape index (κ2) is 3.52. The highest BCUT2D eigenvalue weighted by molar-refractivity contribution is 4.92. The minimum Gasteiger partial charge on any atom is -0.394 e. The molecule has 0 aliphatic carbocycles. The van der Waals surface area contributed by atoms with Crippen LogP contribution in [0.1, 0.15) is 12.8 Å². The average Bonchev–Trinajstić information content (AvgIpc) is 2.05. The van der Waals surface area contributed by atoms with Gasteiger partial charge in [0.25, 0.3) is 0 Å². The number of aliphatic hydroxyl groups excluding tert-OH is 1. The van der Waals surface area contributed by atoms with Crippen LogP contribution in [0, 0.1) is 0 Å². The summed E-state index contributed by atoms with van der Waals surface area (Å²) >= 11 is 0. The number of nitrogens with one attached hydrogen (secondary N) is 1. The Balaban J connectivity index is 2.57. The van der Waals surface area contributed by atoms with Gasteiger partial charge in [0.1, 0.15) is 0 Å². The number of piperidine rings is 1. The first-order valence-electron chi connectivity index (χ1n) is 4.20. The molecule has 0 saturated carbocycles. The van der Waals surface area contributed by atoms with E-state index in [9.17, 15) is 5.11 Å². The van der Waals surface area contributed by atoms with E-state index in [1.54, 1.807) is 0 Å². The molecule has 0 aromatic rings. The minimum atomic E-state index is -0.00174. The van der Waals surface area contributed by atoms with Crippen LogP contribution in [0.5, 0.6) is 0 Å². The first-order chi connectivity index (χ1) is 5.21. The van der Waals surface area contributed by atoms with E-state index in [2.05, 4.69) is 10.2 Å². The summed E-state index contributed by atoms with van der Waals surface area (Å²) in [5.74, 6) is 0. The van der Waals surface area contributed by atoms with Crippen molar-refractivity contribution < 1.29 is 5.11 Å². The molecule has 0 bridgehead atoms. The molecular formula is C8H18N2O. The highest BCUT2D eigenvalue weighted by Gasteiger charge is 2.33. The Kier molecular flexibility index (Phi) is 2.87. The van der Waals surface area contributed by atoms with Gasteiger partial charge in [-0.05, 0) is 33.5 Å². The quantitative estimate of drug-likeness (QED) is 0.577. The fourth-order valence-corrected chi connectivity index (χ4v) is 1.61. The molecule has 2 N–H and O–H groups in total. The fourth-order valence-electron chi connectivity index (χ4n) is 1.61. The zero-order valence-corrected chi connectivity index (χ0v) is 7.43. The minimum absolute atomic E-state index is 0.00174. The van der Waals surface area contributed by atoms with Crippen LogP contribution in [0.2, 0.25) is 0 Å². The molecule has 0 aromatic carbocycles. The summed E-state index contributed by atoms with van der Waals surface area (Å²) in [7, 11) is 4.06. The number of hydrogen-bond acceptors (Lipinski definition) is 3. The van der Waals surface area contributed by atoms with Gasteiger partial charge >= 0.3 is 0 Å². The first kappa shape index (κ1) is 8.97. The van der Waals surface area contributed by atoms with Crippen molar-refractivity contribution in [1.82, 2.24) is 10.2 Å². The predicted octanol–water partition coefficient (Wildman–Crippen LogP) is -0.338. The lowest BCUT2D eigenvalue weighted by molar-refractivity contribution is 0.0464. The van der Waals surface area contributed by atoms with Crippen molar-refractivity contribution in [3.8, 4) is 0 Å². The molecular weight excluding hydrogens is 140 g/mol. The highest BCUT2D eigenvalue weighted by Crippen LogP contribution is 2.20. The van der Waals surface area contributed by atoms with Crippen LogP contribution in [-0.4, -0.2) is 49.3 Å². The maximum atomic E-state index is 9.23. The molecule has 1 unspecified atom stereocenters. The molecule has 1 saturated heterocycles. The molecule has 0 aromatic heterocycles. The summed E-state index contributed by atoms with van der Waals surface area (Å²) in [5.41, 5.74) is -0.00174. The number of likely N-dealkylation sites (N-methyl/N-ethyl adjacent to an activating group) is 1. The van der Waals surface area contributed by atoms with Gasteiger partial charge in [-0.15, -0.1) is 0 Å². The van der Waals surface area contributed by atoms with E-state index < -0.39 is 0 Å². The standard InChI is InChI=1S/C8H18N2O/c1-10(2)8(7-11)4-3-5-9-6-8/h9,11H,3-7H2,1-2H3. The third kappa shape index (κ3) is 1.72. The molecule has 1 aliphatic rings. The Morgan fingerprint density at radius 3 is 2.55 bits per heavy atom. The lowest BCUT2D eigenvalue weighted by Crippen LogP contribution is -2.57. The number of rotatable bonds is 2. The van der Waals surface area contributed by atoms with Crippen LogP contribution in [0.4, 0.5) is 0 Å². The van der Waals surface area contributed by atoms with Gasteiger partial charge < -0.3 is 15.3 Å². The zero-order chi connectivity index (χ0) is 8.32. The van der Waals surface area contributed by atoms with Crippen molar-refractivity contribution in [1.29, 1.82) is 0 Å². The average molecular weight is 158 g/mol. The van der Waals surface area contributed by atoms with Crippen molar-refractivity contribution in [3.05, 3.63) is 0 Å². The van der Waals surface area contributed by atoms with Gasteiger partial charge in [-0.3, -0.25) is 0 Å². The Morgan fingerprint density at radius 1 is 1.55 bits per heavy atom. The molecule has 1 atom stereocenters. The van der Waals surface area contributed by atoms with E-state index in [0.29, 0.717) is 0 Å². The van der Waals surface area contributed by atoms with Gasteiger partial charge in [-0.1, -0.05) is 0 Å². The molecule has 1 heterocycles. The third-order valence-corrected chi connectivity index (χ3v) is 2.69. The Hall–Kier alpha value is -0.120. The topological polar surface area (TPSA) is 35.5 Å². The summed E-state index contributed by atoms with van der Waals surface area (Å²) < 4.78 is 0. The summed E-state index contributed by atoms with van der Waals surface area (Å²) in [6.07, 6.45) is 2.27. The van der Waals surface area contributed by atoms with E-state index >= 15 is 0 Å². The Bertz CT molecular complexity index is 119. The monoisotopic (exact) mass is 158 g/mol. The van der Waals surface area contributed by atoms with Crippen LogP contribution in [-0.2, 0) is 0 Å². The Morgan fingerprint density at radius 2 is 2.27 bits per heavy atom. The van der Waals surface area contributed by atoms with Gasteiger partial charge in [0.15, 0.2) is 0 Å². The second-order valence-electron chi connectivity index (χ2n) is 3.56. The molecule has 66 valence electrons. The molecule has 0 radical (unpaired) electrons. The zero-order valence-electron chi connectivity index (χ0n) is 7.43. The van der Waals surface area contributed by atoms with Crippen molar-refractivity contribution >= 4 is 0 Å². The smallest absolute Gasteiger partial charge is 0.0627 e. The summed E-state index contributed by atoms with van der Waals surface area (Å²) in [4.78, 5) is 2.12. The van der Waals surface area contributed by atoms with Crippen molar-refractivity contribution in [2.75, 3.05) is 33.8 Å². The molecule has 1 aliphatic heterocycles. The lowest BCUT2D eigenvalue weighted by atomic mass is 9.90. The maximum absolute atomic E-state index is 9.23. The first-order valence-corrected chi connectivity index (χ1v) is 4.20. The van der Waals surface area contributed by atoms with Gasteiger partial charge in [0.2, 0.25) is 0 Å². The van der Waals surface area contributed by atoms with Crippen LogP contribution in [0.15, 0.2) is 0 Å². The predicted molar refractivity (Wildman–Crippen MR) is 45.6 cm³/mol. The van der Waals surface area contributed by atoms with E-state index in [0.717, 1.165) is 19.5 Å². The molecule has 1 fully saturated rings. The molecule has 0 spiro atoms. The molecule has 11 heavy (non-hydrogen) atoms. The maximum Gasteiger partial charge on any atom is 0.0627 e. The summed E-state index contributed by atoms with van der Waals surface area (Å²) in [6.45, 7) is 2.26. The van der Waals surface area contributed by atoms with Crippen molar-refractivity contribution in [3.63, 3.8) is 0 Å². The van der Waals surface area contributed by atoms with Crippen molar-refractivity contribution in [2.24, 2.45) is 0 Å². The number of nitrogens with zero attached hydrogens (tertiary/aromatic N) is 1. The second-order valence-corrected chi connectivity index (χ2v) is 3.56. The van der Waals surface area contributed by atoms with Gasteiger partial charge in [-0.2, -0.15) is 0 Å². The number of aliphatic hydroxyl groups is 1. The lowest BCUT2D eigenvalue weighted by Gasteiger charge is -2.41. The molecule has 3 heteroatoms. The highest BCUT2D eigenvalue weighted by atomic mass is 16.3. The Labute approximate surface area is 68.4 Å². The normalized spacial score (nSPS) is 32.7. The summed E-state index contributed by atoms with van der Waals surface area (Å²) in [5, 5.41) is 12.5. The van der Waals surface area contributed by atoms with Gasteiger partial charge in [0.05, 0.1) is 12.1 Å². The summed E-state index contributed by atoms with van der Waals surface area (Å²) in [6, 6.07) is 0. The molecule has 3 nitrogen and oxygen atoms in total. The molecule has 0 amide bonds. The number of hydrogen-bond donors (Lipinski definition) is 2. The van der Waals surface area contributed by atoms with E-state index in [1.165, 1.54) is 6.42 Å². The van der Waals surface area contributed by atoms with E-state index in [4.69, 9.17) is 0 Å². The third-order valence-electron chi connectivity index (χ3n) is 2.69. The van der Waals surface area contributed by atoms with Gasteiger partial charge in [-0.25, -0.2) is 0 Å². The van der Waals surface area contributed by atoms with Crippen LogP contribution < -0.4 is 5.32 Å². The van der Waals surface area contributed by atoms with E-state index in [-0.39, 0.29) is 12.1 Å². The van der Waals surface area contributed by atoms with Crippen LogP contribution >= 0.6 is 0 Å². The fraction of sp³-hybridized carbons (Fsp3) is 1.00. The molecule has 1 rings (SSSR count). The largest absolute Gasteiger partial charge is 0.394 e.